The number of aliphatic imine (C=N–C) groups is 1. The maximum atomic E-state index is 5.46. The van der Waals surface area contributed by atoms with Crippen molar-refractivity contribution in [2.75, 3.05) is 71.5 Å². The largest absolute Gasteiger partial charge is 0.497 e. The monoisotopic (exact) mass is 437 g/mol. The third-order valence-electron chi connectivity index (χ3n) is 6.16. The molecular weight excluding hydrogens is 402 g/mol. The van der Waals surface area contributed by atoms with Gasteiger partial charge in [0.2, 0.25) is 0 Å². The number of piperazine rings is 1. The minimum atomic E-state index is 0.778. The van der Waals surface area contributed by atoms with Gasteiger partial charge in [-0.3, -0.25) is 9.89 Å². The molecule has 32 heavy (non-hydrogen) atoms. The second-order valence-electron chi connectivity index (χ2n) is 8.28. The van der Waals surface area contributed by atoms with E-state index in [2.05, 4.69) is 61.4 Å². The van der Waals surface area contributed by atoms with Gasteiger partial charge in [-0.05, 0) is 23.3 Å². The summed E-state index contributed by atoms with van der Waals surface area (Å²) in [7, 11) is 3.58. The molecule has 172 valence electrons. The first-order chi connectivity index (χ1) is 15.7. The fourth-order valence-corrected chi connectivity index (χ4v) is 4.35. The Morgan fingerprint density at radius 1 is 0.969 bits per heavy atom. The van der Waals surface area contributed by atoms with Crippen molar-refractivity contribution in [1.82, 2.24) is 15.1 Å². The zero-order chi connectivity index (χ0) is 22.2. The van der Waals surface area contributed by atoms with E-state index in [9.17, 15) is 0 Å². The molecule has 0 atom stereocenters. The number of anilines is 1. The summed E-state index contributed by atoms with van der Waals surface area (Å²) in [6, 6.07) is 17.1. The highest BCUT2D eigenvalue weighted by Gasteiger charge is 2.20. The molecule has 2 aromatic carbocycles. The summed E-state index contributed by atoms with van der Waals surface area (Å²) in [6.07, 6.45) is 0. The van der Waals surface area contributed by atoms with Crippen LogP contribution in [-0.4, -0.2) is 82.4 Å². The number of hydrogen-bond acceptors (Lipinski definition) is 5. The molecule has 7 heteroatoms. The lowest BCUT2D eigenvalue weighted by Gasteiger charge is -2.37. The number of rotatable bonds is 6. The highest BCUT2D eigenvalue weighted by atomic mass is 16.5. The van der Waals surface area contributed by atoms with Crippen molar-refractivity contribution in [3.63, 3.8) is 0 Å². The summed E-state index contributed by atoms with van der Waals surface area (Å²) in [5.41, 5.74) is 3.85. The Kier molecular flexibility index (Phi) is 7.85. The van der Waals surface area contributed by atoms with Gasteiger partial charge in [-0.15, -0.1) is 0 Å². The standard InChI is InChI=1S/C25H35N5O2/c1-26-25(30-11-9-29(10-12-30)23-7-4-8-24(18-23)31-2)27-19-21-5-3-6-22(17-21)20-28-13-15-32-16-14-28/h3-8,17-18H,9-16,19-20H2,1-2H3,(H,26,27). The molecule has 0 spiro atoms. The van der Waals surface area contributed by atoms with Crippen LogP contribution in [0, 0.1) is 0 Å². The predicted octanol–water partition coefficient (Wildman–Crippen LogP) is 2.42. The van der Waals surface area contributed by atoms with E-state index >= 15 is 0 Å². The Morgan fingerprint density at radius 3 is 2.47 bits per heavy atom. The lowest BCUT2D eigenvalue weighted by molar-refractivity contribution is 0.0342. The highest BCUT2D eigenvalue weighted by molar-refractivity contribution is 5.80. The molecule has 7 nitrogen and oxygen atoms in total. The molecule has 2 heterocycles. The third-order valence-corrected chi connectivity index (χ3v) is 6.16. The second-order valence-corrected chi connectivity index (χ2v) is 8.28. The van der Waals surface area contributed by atoms with Gasteiger partial charge in [-0.2, -0.15) is 0 Å². The molecule has 0 radical (unpaired) electrons. The number of morpholine rings is 1. The molecule has 0 aliphatic carbocycles. The smallest absolute Gasteiger partial charge is 0.194 e. The molecular formula is C25H35N5O2. The van der Waals surface area contributed by atoms with E-state index in [0.717, 1.165) is 77.3 Å². The van der Waals surface area contributed by atoms with E-state index in [4.69, 9.17) is 9.47 Å². The third kappa shape index (κ3) is 5.93. The van der Waals surface area contributed by atoms with E-state index in [0.29, 0.717) is 0 Å². The molecule has 0 unspecified atom stereocenters. The minimum Gasteiger partial charge on any atom is -0.497 e. The van der Waals surface area contributed by atoms with Crippen molar-refractivity contribution in [3.05, 3.63) is 59.7 Å². The van der Waals surface area contributed by atoms with Crippen molar-refractivity contribution in [3.8, 4) is 5.75 Å². The first-order valence-corrected chi connectivity index (χ1v) is 11.5. The first kappa shape index (κ1) is 22.4. The molecule has 0 bridgehead atoms. The van der Waals surface area contributed by atoms with Gasteiger partial charge in [-0.1, -0.05) is 30.3 Å². The lowest BCUT2D eigenvalue weighted by Crippen LogP contribution is -2.52. The van der Waals surface area contributed by atoms with Crippen LogP contribution in [0.1, 0.15) is 11.1 Å². The molecule has 2 fully saturated rings. The maximum Gasteiger partial charge on any atom is 0.194 e. The fourth-order valence-electron chi connectivity index (χ4n) is 4.35. The summed E-state index contributed by atoms with van der Waals surface area (Å²) < 4.78 is 10.8. The van der Waals surface area contributed by atoms with Gasteiger partial charge in [0.1, 0.15) is 5.75 Å². The number of nitrogens with one attached hydrogen (secondary N) is 1. The average molecular weight is 438 g/mol. The lowest BCUT2D eigenvalue weighted by atomic mass is 10.1. The van der Waals surface area contributed by atoms with Crippen LogP contribution in [0.15, 0.2) is 53.5 Å². The van der Waals surface area contributed by atoms with Gasteiger partial charge in [0.05, 0.1) is 20.3 Å². The van der Waals surface area contributed by atoms with Crippen LogP contribution in [0.25, 0.3) is 0 Å². The number of hydrogen-bond donors (Lipinski definition) is 1. The van der Waals surface area contributed by atoms with Crippen LogP contribution in [0.3, 0.4) is 0 Å². The van der Waals surface area contributed by atoms with Gasteiger partial charge >= 0.3 is 0 Å². The molecule has 1 N–H and O–H groups in total. The quantitative estimate of drug-likeness (QED) is 0.553. The summed E-state index contributed by atoms with van der Waals surface area (Å²) in [4.78, 5) is 11.7. The van der Waals surface area contributed by atoms with Crippen molar-refractivity contribution in [2.45, 2.75) is 13.1 Å². The number of nitrogens with zero attached hydrogens (tertiary/aromatic N) is 4. The molecule has 2 saturated heterocycles. The Labute approximate surface area is 191 Å². The SMILES string of the molecule is CN=C(NCc1cccc(CN2CCOCC2)c1)N1CCN(c2cccc(OC)c2)CC1. The highest BCUT2D eigenvalue weighted by Crippen LogP contribution is 2.22. The average Bonchev–Trinajstić information content (AvgIpc) is 2.86. The molecule has 0 saturated carbocycles. The summed E-state index contributed by atoms with van der Waals surface area (Å²) in [5.74, 6) is 1.87. The molecule has 2 aromatic rings. The Morgan fingerprint density at radius 2 is 1.72 bits per heavy atom. The van der Waals surface area contributed by atoms with Crippen LogP contribution >= 0.6 is 0 Å². The predicted molar refractivity (Wildman–Crippen MR) is 130 cm³/mol. The van der Waals surface area contributed by atoms with Crippen LogP contribution in [0.5, 0.6) is 5.75 Å². The topological polar surface area (TPSA) is 52.6 Å². The number of methoxy groups -OCH3 is 1. The van der Waals surface area contributed by atoms with E-state index in [1.54, 1.807) is 7.11 Å². The van der Waals surface area contributed by atoms with Crippen molar-refractivity contribution < 1.29 is 9.47 Å². The zero-order valence-electron chi connectivity index (χ0n) is 19.3. The van der Waals surface area contributed by atoms with Crippen LogP contribution < -0.4 is 15.0 Å². The van der Waals surface area contributed by atoms with Crippen LogP contribution in [0.4, 0.5) is 5.69 Å². The summed E-state index contributed by atoms with van der Waals surface area (Å²) in [5, 5.41) is 3.56. The Hall–Kier alpha value is -2.77. The molecule has 4 rings (SSSR count). The minimum absolute atomic E-state index is 0.778. The van der Waals surface area contributed by atoms with Crippen LogP contribution in [0.2, 0.25) is 0 Å². The van der Waals surface area contributed by atoms with Gasteiger partial charge < -0.3 is 24.6 Å². The van der Waals surface area contributed by atoms with Gasteiger partial charge in [-0.25, -0.2) is 0 Å². The van der Waals surface area contributed by atoms with Crippen molar-refractivity contribution in [2.24, 2.45) is 4.99 Å². The van der Waals surface area contributed by atoms with E-state index < -0.39 is 0 Å². The zero-order valence-corrected chi connectivity index (χ0v) is 19.3. The Balaban J connectivity index is 1.28. The first-order valence-electron chi connectivity index (χ1n) is 11.5. The molecule has 0 amide bonds. The van der Waals surface area contributed by atoms with Crippen molar-refractivity contribution in [1.29, 1.82) is 0 Å². The van der Waals surface area contributed by atoms with E-state index in [1.807, 2.05) is 19.2 Å². The summed E-state index contributed by atoms with van der Waals surface area (Å²) in [6.45, 7) is 9.25. The normalized spacial score (nSPS) is 18.0. The number of benzene rings is 2. The molecule has 2 aliphatic heterocycles. The summed E-state index contributed by atoms with van der Waals surface area (Å²) >= 11 is 0. The molecule has 2 aliphatic rings. The fraction of sp³-hybridized carbons (Fsp3) is 0.480. The van der Waals surface area contributed by atoms with Crippen LogP contribution in [-0.2, 0) is 17.8 Å². The number of ether oxygens (including phenoxy) is 2. The van der Waals surface area contributed by atoms with Gasteiger partial charge in [0.25, 0.3) is 0 Å². The van der Waals surface area contributed by atoms with Gasteiger partial charge in [0, 0.05) is 71.2 Å². The number of guanidine groups is 1. The van der Waals surface area contributed by atoms with E-state index in [1.165, 1.54) is 16.8 Å². The van der Waals surface area contributed by atoms with Crippen molar-refractivity contribution >= 4 is 11.6 Å². The Bertz CT molecular complexity index is 889. The van der Waals surface area contributed by atoms with Gasteiger partial charge in [0.15, 0.2) is 5.96 Å². The maximum absolute atomic E-state index is 5.46. The molecule has 0 aromatic heterocycles. The second kappa shape index (κ2) is 11.2. The van der Waals surface area contributed by atoms with E-state index in [-0.39, 0.29) is 0 Å².